The molecular weight excluding hydrogens is 641 g/mol. The van der Waals surface area contributed by atoms with Crippen LogP contribution in [-0.2, 0) is 5.41 Å². The predicted octanol–water partition coefficient (Wildman–Crippen LogP) is 12.9. The first-order valence-corrected chi connectivity index (χ1v) is 18.4. The Morgan fingerprint density at radius 3 is 0.981 bits per heavy atom. The van der Waals surface area contributed by atoms with Gasteiger partial charge >= 0.3 is 0 Å². The second-order valence-corrected chi connectivity index (χ2v) is 14.5. The Labute approximate surface area is 306 Å². The van der Waals surface area contributed by atoms with Crippen molar-refractivity contribution in [3.63, 3.8) is 0 Å². The SMILES string of the molecule is c1ccc(C2(c3ccccc3)c3cc(-n4c5ccccc5c5ccccc54)cc4ccc5cc(-n6c7ccccc7c7ccccc76)cc2c5c34)cc1. The summed E-state index contributed by atoms with van der Waals surface area (Å²) in [5.74, 6) is 0. The van der Waals surface area contributed by atoms with Gasteiger partial charge in [0.1, 0.15) is 0 Å². The van der Waals surface area contributed by atoms with Gasteiger partial charge in [0.15, 0.2) is 0 Å². The number of hydrogen-bond acceptors (Lipinski definition) is 0. The summed E-state index contributed by atoms with van der Waals surface area (Å²) in [7, 11) is 0. The van der Waals surface area contributed by atoms with Gasteiger partial charge in [0.05, 0.1) is 27.5 Å². The molecule has 53 heavy (non-hydrogen) atoms. The maximum Gasteiger partial charge on any atom is 0.0715 e. The van der Waals surface area contributed by atoms with Crippen LogP contribution in [-0.4, -0.2) is 9.13 Å². The van der Waals surface area contributed by atoms with Gasteiger partial charge in [-0.1, -0.05) is 146 Å². The number of rotatable bonds is 4. The zero-order valence-corrected chi connectivity index (χ0v) is 28.9. The molecule has 2 heteroatoms. The average Bonchev–Trinajstić information content (AvgIpc) is 3.85. The van der Waals surface area contributed by atoms with Gasteiger partial charge in [-0.3, -0.25) is 0 Å². The predicted molar refractivity (Wildman–Crippen MR) is 222 cm³/mol. The summed E-state index contributed by atoms with van der Waals surface area (Å²) in [4.78, 5) is 0. The lowest BCUT2D eigenvalue weighted by Gasteiger charge is -2.34. The van der Waals surface area contributed by atoms with Gasteiger partial charge < -0.3 is 9.13 Å². The number of hydrogen-bond donors (Lipinski definition) is 0. The van der Waals surface area contributed by atoms with E-state index in [0.717, 1.165) is 0 Å². The smallest absolute Gasteiger partial charge is 0.0715 e. The molecule has 0 amide bonds. The van der Waals surface area contributed by atoms with E-state index in [1.54, 1.807) is 0 Å². The molecule has 0 aliphatic heterocycles. The third-order valence-corrected chi connectivity index (χ3v) is 11.9. The molecule has 11 aromatic rings. The molecular formula is C51H32N2. The molecule has 0 saturated carbocycles. The van der Waals surface area contributed by atoms with Gasteiger partial charge in [0, 0.05) is 32.9 Å². The molecule has 1 aliphatic carbocycles. The van der Waals surface area contributed by atoms with E-state index in [1.165, 1.54) is 98.8 Å². The zero-order chi connectivity index (χ0) is 34.7. The Bertz CT molecular complexity index is 2940. The minimum absolute atomic E-state index is 0.563. The van der Waals surface area contributed by atoms with Crippen LogP contribution in [0.4, 0.5) is 0 Å². The van der Waals surface area contributed by atoms with Crippen LogP contribution in [0.5, 0.6) is 0 Å². The van der Waals surface area contributed by atoms with Gasteiger partial charge in [-0.15, -0.1) is 0 Å². The molecule has 2 nitrogen and oxygen atoms in total. The summed E-state index contributed by atoms with van der Waals surface area (Å²) in [5.41, 5.74) is 11.8. The molecule has 0 unspecified atom stereocenters. The van der Waals surface area contributed by atoms with Gasteiger partial charge in [-0.25, -0.2) is 0 Å². The summed E-state index contributed by atoms with van der Waals surface area (Å²) in [5, 5.41) is 10.3. The number of benzene rings is 9. The highest BCUT2D eigenvalue weighted by molar-refractivity contribution is 6.18. The normalized spacial score (nSPS) is 13.4. The molecule has 0 spiro atoms. The molecule has 9 aromatic carbocycles. The van der Waals surface area contributed by atoms with Crippen molar-refractivity contribution in [3.8, 4) is 11.4 Å². The fourth-order valence-corrected chi connectivity index (χ4v) is 9.86. The maximum absolute atomic E-state index is 2.50. The van der Waals surface area contributed by atoms with Crippen molar-refractivity contribution in [1.29, 1.82) is 0 Å². The summed E-state index contributed by atoms with van der Waals surface area (Å²) < 4.78 is 4.94. The fraction of sp³-hybridized carbons (Fsp3) is 0.0196. The lowest BCUT2D eigenvalue weighted by atomic mass is 9.67. The first-order chi connectivity index (χ1) is 26.3. The first kappa shape index (κ1) is 28.8. The number of aromatic nitrogens is 2. The molecule has 1 aliphatic rings. The van der Waals surface area contributed by atoms with Crippen molar-refractivity contribution in [2.75, 3.05) is 0 Å². The molecule has 0 N–H and O–H groups in total. The van der Waals surface area contributed by atoms with Crippen molar-refractivity contribution >= 4 is 65.2 Å². The van der Waals surface area contributed by atoms with E-state index in [4.69, 9.17) is 0 Å². The van der Waals surface area contributed by atoms with E-state index in [9.17, 15) is 0 Å². The number of nitrogens with zero attached hydrogens (tertiary/aromatic N) is 2. The van der Waals surface area contributed by atoms with Crippen LogP contribution in [0.2, 0.25) is 0 Å². The Kier molecular flexibility index (Phi) is 5.73. The van der Waals surface area contributed by atoms with Crippen LogP contribution >= 0.6 is 0 Å². The van der Waals surface area contributed by atoms with Gasteiger partial charge in [0.2, 0.25) is 0 Å². The fourth-order valence-electron chi connectivity index (χ4n) is 9.86. The van der Waals surface area contributed by atoms with Crippen molar-refractivity contribution in [2.45, 2.75) is 5.41 Å². The van der Waals surface area contributed by atoms with E-state index in [2.05, 4.69) is 203 Å². The lowest BCUT2D eigenvalue weighted by molar-refractivity contribution is 0.769. The molecule has 12 rings (SSSR count). The second-order valence-electron chi connectivity index (χ2n) is 14.5. The molecule has 0 bridgehead atoms. The van der Waals surface area contributed by atoms with Gasteiger partial charge in [0.25, 0.3) is 0 Å². The van der Waals surface area contributed by atoms with Crippen molar-refractivity contribution in [3.05, 3.63) is 216 Å². The van der Waals surface area contributed by atoms with Crippen LogP contribution in [0.25, 0.3) is 76.5 Å². The van der Waals surface area contributed by atoms with Gasteiger partial charge in [-0.05, 0) is 92.3 Å². The van der Waals surface area contributed by atoms with E-state index < -0.39 is 5.41 Å². The minimum Gasteiger partial charge on any atom is -0.309 e. The van der Waals surface area contributed by atoms with Crippen LogP contribution < -0.4 is 0 Å². The maximum atomic E-state index is 2.50. The standard InChI is InChI=1S/C51H32N2/c1-3-15-35(16-4-1)51(36-17-5-2-6-18-36)43-31-37(52-45-23-11-7-19-39(45)40-20-8-12-24-46(40)52)29-33-27-28-34-30-38(32-44(51)50(34)49(33)43)53-47-25-13-9-21-41(47)42-22-10-14-26-48(42)53/h1-32H. The summed E-state index contributed by atoms with van der Waals surface area (Å²) in [6, 6.07) is 72.2. The molecule has 246 valence electrons. The largest absolute Gasteiger partial charge is 0.309 e. The van der Waals surface area contributed by atoms with Crippen LogP contribution in [0, 0.1) is 0 Å². The van der Waals surface area contributed by atoms with Gasteiger partial charge in [-0.2, -0.15) is 0 Å². The molecule has 0 radical (unpaired) electrons. The van der Waals surface area contributed by atoms with Crippen LogP contribution in [0.15, 0.2) is 194 Å². The Morgan fingerprint density at radius 2 is 0.623 bits per heavy atom. The Hall–Kier alpha value is -6.90. The molecule has 0 atom stereocenters. The quantitative estimate of drug-likeness (QED) is 0.165. The minimum atomic E-state index is -0.563. The van der Waals surface area contributed by atoms with Crippen LogP contribution in [0.1, 0.15) is 22.3 Å². The monoisotopic (exact) mass is 672 g/mol. The van der Waals surface area contributed by atoms with Crippen molar-refractivity contribution < 1.29 is 0 Å². The average molecular weight is 673 g/mol. The van der Waals surface area contributed by atoms with E-state index >= 15 is 0 Å². The summed E-state index contributed by atoms with van der Waals surface area (Å²) in [6.45, 7) is 0. The van der Waals surface area contributed by atoms with E-state index in [0.29, 0.717) is 0 Å². The first-order valence-electron chi connectivity index (χ1n) is 18.4. The van der Waals surface area contributed by atoms with Crippen LogP contribution in [0.3, 0.4) is 0 Å². The van der Waals surface area contributed by atoms with E-state index in [1.807, 2.05) is 0 Å². The highest BCUT2D eigenvalue weighted by Crippen LogP contribution is 2.57. The Morgan fingerprint density at radius 1 is 0.302 bits per heavy atom. The molecule has 2 aromatic heterocycles. The summed E-state index contributed by atoms with van der Waals surface area (Å²) in [6.07, 6.45) is 0. The van der Waals surface area contributed by atoms with Crippen molar-refractivity contribution in [2.24, 2.45) is 0 Å². The number of fused-ring (bicyclic) bond motifs is 6. The zero-order valence-electron chi connectivity index (χ0n) is 28.9. The third-order valence-electron chi connectivity index (χ3n) is 11.9. The molecule has 2 heterocycles. The topological polar surface area (TPSA) is 9.86 Å². The lowest BCUT2D eigenvalue weighted by Crippen LogP contribution is -2.29. The third kappa shape index (κ3) is 3.72. The molecule has 0 fully saturated rings. The van der Waals surface area contributed by atoms with Crippen molar-refractivity contribution in [1.82, 2.24) is 9.13 Å². The highest BCUT2D eigenvalue weighted by atomic mass is 15.0. The summed E-state index contributed by atoms with van der Waals surface area (Å²) >= 11 is 0. The highest BCUT2D eigenvalue weighted by Gasteiger charge is 2.45. The number of para-hydroxylation sites is 4. The second kappa shape index (κ2) is 10.6. The Balaban J connectivity index is 1.25. The van der Waals surface area contributed by atoms with E-state index in [-0.39, 0.29) is 0 Å². The molecule has 0 saturated heterocycles.